The number of nitrogens with zero attached hydrogens (tertiary/aromatic N) is 4. The van der Waals surface area contributed by atoms with Gasteiger partial charge < -0.3 is 9.88 Å². The summed E-state index contributed by atoms with van der Waals surface area (Å²) in [5, 5.41) is 12.9. The number of halogens is 2. The lowest BCUT2D eigenvalue weighted by atomic mass is 10.2. The highest BCUT2D eigenvalue weighted by Crippen LogP contribution is 2.31. The van der Waals surface area contributed by atoms with Crippen LogP contribution in [0, 0.1) is 0 Å². The first-order chi connectivity index (χ1) is 12.6. The molecule has 2 heterocycles. The van der Waals surface area contributed by atoms with Crippen LogP contribution in [0.5, 0.6) is 0 Å². The van der Waals surface area contributed by atoms with E-state index in [1.165, 1.54) is 11.8 Å². The minimum Gasteiger partial charge on any atom is -0.310 e. The largest absolute Gasteiger partial charge is 0.310 e. The van der Waals surface area contributed by atoms with Crippen LogP contribution in [0.2, 0.25) is 10.0 Å². The maximum atomic E-state index is 12.1. The molecule has 9 heteroatoms. The third-order valence-corrected chi connectivity index (χ3v) is 4.98. The van der Waals surface area contributed by atoms with E-state index in [4.69, 9.17) is 23.2 Å². The predicted octanol–water partition coefficient (Wildman–Crippen LogP) is 4.40. The van der Waals surface area contributed by atoms with Gasteiger partial charge in [0, 0.05) is 23.3 Å². The Morgan fingerprint density at radius 3 is 2.77 bits per heavy atom. The van der Waals surface area contributed by atoms with Crippen LogP contribution in [0.25, 0.3) is 11.4 Å². The summed E-state index contributed by atoms with van der Waals surface area (Å²) in [7, 11) is 0. The lowest BCUT2D eigenvalue weighted by Gasteiger charge is -2.09. The number of pyridine rings is 1. The van der Waals surface area contributed by atoms with Crippen LogP contribution in [0.4, 0.5) is 5.82 Å². The van der Waals surface area contributed by atoms with E-state index in [0.29, 0.717) is 33.4 Å². The predicted molar refractivity (Wildman–Crippen MR) is 105 cm³/mol. The summed E-state index contributed by atoms with van der Waals surface area (Å²) in [6.07, 6.45) is 1.62. The summed E-state index contributed by atoms with van der Waals surface area (Å²) in [4.78, 5) is 16.2. The van der Waals surface area contributed by atoms with Gasteiger partial charge in [-0.2, -0.15) is 0 Å². The van der Waals surface area contributed by atoms with Crippen molar-refractivity contribution in [2.45, 2.75) is 18.6 Å². The van der Waals surface area contributed by atoms with E-state index in [1.807, 2.05) is 23.6 Å². The van der Waals surface area contributed by atoms with Gasteiger partial charge in [-0.15, -0.1) is 10.2 Å². The molecule has 0 fully saturated rings. The molecule has 0 aliphatic rings. The zero-order valence-electron chi connectivity index (χ0n) is 13.8. The van der Waals surface area contributed by atoms with Crippen molar-refractivity contribution in [2.75, 3.05) is 11.1 Å². The van der Waals surface area contributed by atoms with Gasteiger partial charge in [-0.3, -0.25) is 4.79 Å². The van der Waals surface area contributed by atoms with Crippen molar-refractivity contribution in [3.05, 3.63) is 52.6 Å². The van der Waals surface area contributed by atoms with Crippen molar-refractivity contribution in [2.24, 2.45) is 0 Å². The third kappa shape index (κ3) is 4.35. The molecule has 1 N–H and O–H groups in total. The molecular weight excluding hydrogens is 393 g/mol. The zero-order chi connectivity index (χ0) is 18.5. The monoisotopic (exact) mass is 407 g/mol. The van der Waals surface area contributed by atoms with E-state index >= 15 is 0 Å². The number of rotatable bonds is 6. The number of carbonyl (C=O) groups is 1. The molecule has 0 aliphatic heterocycles. The van der Waals surface area contributed by atoms with Gasteiger partial charge in [-0.1, -0.05) is 41.0 Å². The maximum absolute atomic E-state index is 12.1. The van der Waals surface area contributed by atoms with Crippen LogP contribution in [0.3, 0.4) is 0 Å². The second kappa shape index (κ2) is 8.53. The first-order valence-electron chi connectivity index (χ1n) is 7.80. The number of benzene rings is 1. The molecule has 2 aromatic heterocycles. The minimum absolute atomic E-state index is 0.162. The van der Waals surface area contributed by atoms with Gasteiger partial charge in [-0.25, -0.2) is 4.98 Å². The summed E-state index contributed by atoms with van der Waals surface area (Å²) < 4.78 is 1.91. The van der Waals surface area contributed by atoms with Crippen molar-refractivity contribution in [3.8, 4) is 11.4 Å². The summed E-state index contributed by atoms with van der Waals surface area (Å²) in [5.41, 5.74) is 0.746. The number of hydrogen-bond donors (Lipinski definition) is 1. The van der Waals surface area contributed by atoms with E-state index in [9.17, 15) is 4.79 Å². The van der Waals surface area contributed by atoms with Gasteiger partial charge in [0.1, 0.15) is 5.82 Å². The van der Waals surface area contributed by atoms with Crippen LogP contribution in [0.15, 0.2) is 47.8 Å². The average Bonchev–Trinajstić information content (AvgIpc) is 3.03. The Morgan fingerprint density at radius 2 is 2.08 bits per heavy atom. The Hall–Kier alpha value is -2.09. The number of aromatic nitrogens is 4. The minimum atomic E-state index is -0.162. The summed E-state index contributed by atoms with van der Waals surface area (Å²) in [5.74, 6) is 1.19. The van der Waals surface area contributed by atoms with Crippen LogP contribution in [0.1, 0.15) is 6.92 Å². The summed E-state index contributed by atoms with van der Waals surface area (Å²) in [6.45, 7) is 2.63. The van der Waals surface area contributed by atoms with Crippen molar-refractivity contribution in [3.63, 3.8) is 0 Å². The summed E-state index contributed by atoms with van der Waals surface area (Å²) in [6, 6.07) is 10.6. The van der Waals surface area contributed by atoms with E-state index < -0.39 is 0 Å². The maximum Gasteiger partial charge on any atom is 0.236 e. The van der Waals surface area contributed by atoms with Crippen molar-refractivity contribution >= 4 is 46.7 Å². The Kier molecular flexibility index (Phi) is 6.13. The van der Waals surface area contributed by atoms with Gasteiger partial charge in [0.15, 0.2) is 11.0 Å². The number of anilines is 1. The Bertz CT molecular complexity index is 917. The first-order valence-corrected chi connectivity index (χ1v) is 9.55. The highest BCUT2D eigenvalue weighted by molar-refractivity contribution is 7.99. The molecule has 1 amide bonds. The third-order valence-electron chi connectivity index (χ3n) is 3.47. The smallest absolute Gasteiger partial charge is 0.236 e. The fraction of sp³-hybridized carbons (Fsp3) is 0.176. The number of thioether (sulfide) groups is 1. The lowest BCUT2D eigenvalue weighted by molar-refractivity contribution is -0.113. The molecule has 3 aromatic rings. The second-order valence-electron chi connectivity index (χ2n) is 5.23. The molecule has 0 saturated carbocycles. The Morgan fingerprint density at radius 1 is 1.23 bits per heavy atom. The highest BCUT2D eigenvalue weighted by atomic mass is 35.5. The van der Waals surface area contributed by atoms with Crippen LogP contribution >= 0.6 is 35.0 Å². The van der Waals surface area contributed by atoms with Gasteiger partial charge in [0.2, 0.25) is 5.91 Å². The average molecular weight is 408 g/mol. The molecular formula is C17H15Cl2N5OS. The summed E-state index contributed by atoms with van der Waals surface area (Å²) >= 11 is 13.5. The quantitative estimate of drug-likeness (QED) is 0.613. The molecule has 0 bridgehead atoms. The molecule has 134 valence electrons. The van der Waals surface area contributed by atoms with Crippen LogP contribution in [-0.4, -0.2) is 31.4 Å². The molecule has 0 radical (unpaired) electrons. The van der Waals surface area contributed by atoms with E-state index in [0.717, 1.165) is 5.56 Å². The molecule has 0 spiro atoms. The van der Waals surface area contributed by atoms with Gasteiger partial charge in [0.05, 0.1) is 10.8 Å². The standard InChI is InChI=1S/C17H15Cl2N5OS/c1-2-24-16(12-7-6-11(18)9-13(12)19)22-23-17(24)26-10-15(25)21-14-5-3-4-8-20-14/h3-9H,2,10H2,1H3,(H,20,21,25). The number of hydrogen-bond acceptors (Lipinski definition) is 5. The SMILES string of the molecule is CCn1c(SCC(=O)Nc2ccccn2)nnc1-c1ccc(Cl)cc1Cl. The Balaban J connectivity index is 1.73. The molecule has 0 unspecified atom stereocenters. The van der Waals surface area contributed by atoms with Gasteiger partial charge in [-0.05, 0) is 37.3 Å². The fourth-order valence-corrected chi connectivity index (χ4v) is 3.59. The first kappa shape index (κ1) is 18.7. The van der Waals surface area contributed by atoms with E-state index in [1.54, 1.807) is 30.5 Å². The zero-order valence-corrected chi connectivity index (χ0v) is 16.1. The van der Waals surface area contributed by atoms with Gasteiger partial charge >= 0.3 is 0 Å². The Labute approximate surface area is 164 Å². The molecule has 1 aromatic carbocycles. The van der Waals surface area contributed by atoms with Crippen LogP contribution in [-0.2, 0) is 11.3 Å². The van der Waals surface area contributed by atoms with Gasteiger partial charge in [0.25, 0.3) is 0 Å². The highest BCUT2D eigenvalue weighted by Gasteiger charge is 2.17. The molecule has 0 saturated heterocycles. The van der Waals surface area contributed by atoms with Crippen LogP contribution < -0.4 is 5.32 Å². The molecule has 6 nitrogen and oxygen atoms in total. The number of nitrogens with one attached hydrogen (secondary N) is 1. The number of amides is 1. The number of carbonyl (C=O) groups excluding carboxylic acids is 1. The molecule has 0 aliphatic carbocycles. The molecule has 26 heavy (non-hydrogen) atoms. The van der Waals surface area contributed by atoms with Crippen molar-refractivity contribution in [1.82, 2.24) is 19.7 Å². The van der Waals surface area contributed by atoms with E-state index in [-0.39, 0.29) is 11.7 Å². The molecule has 0 atom stereocenters. The van der Waals surface area contributed by atoms with Crippen molar-refractivity contribution in [1.29, 1.82) is 0 Å². The molecule has 3 rings (SSSR count). The second-order valence-corrected chi connectivity index (χ2v) is 7.01. The topological polar surface area (TPSA) is 72.7 Å². The lowest BCUT2D eigenvalue weighted by Crippen LogP contribution is -2.15. The fourth-order valence-electron chi connectivity index (χ4n) is 2.30. The van der Waals surface area contributed by atoms with E-state index in [2.05, 4.69) is 20.5 Å². The normalized spacial score (nSPS) is 10.7. The van der Waals surface area contributed by atoms with Crippen molar-refractivity contribution < 1.29 is 4.79 Å².